The van der Waals surface area contributed by atoms with E-state index in [1.165, 1.54) is 0 Å². The van der Waals surface area contributed by atoms with Crippen molar-refractivity contribution in [2.75, 3.05) is 39.3 Å². The zero-order chi connectivity index (χ0) is 24.8. The number of hydrogen-bond acceptors (Lipinski definition) is 6. The van der Waals surface area contributed by atoms with Gasteiger partial charge in [-0.3, -0.25) is 4.79 Å². The summed E-state index contributed by atoms with van der Waals surface area (Å²) in [6.07, 6.45) is 2.06. The molecule has 0 radical (unpaired) electrons. The Balaban J connectivity index is 1.59. The molecule has 0 bridgehead atoms. The minimum atomic E-state index is -0.175. The quantitative estimate of drug-likeness (QED) is 0.423. The van der Waals surface area contributed by atoms with Gasteiger partial charge in [-0.15, -0.1) is 0 Å². The van der Waals surface area contributed by atoms with Gasteiger partial charge < -0.3 is 34.1 Å². The SMILES string of the molecule is CCOc1ccc(NC(=S)N(Cc2cc3cc(OC)c(OC)cc3[nH]c2=O)C[C@H]2CCCO2)cc1. The van der Waals surface area contributed by atoms with Gasteiger partial charge in [0.2, 0.25) is 0 Å². The normalized spacial score (nSPS) is 15.1. The Morgan fingerprint density at radius 2 is 1.91 bits per heavy atom. The van der Waals surface area contributed by atoms with Crippen LogP contribution in [-0.4, -0.2) is 55.1 Å². The topological polar surface area (TPSA) is 85.1 Å². The van der Waals surface area contributed by atoms with Crippen molar-refractivity contribution in [1.29, 1.82) is 0 Å². The van der Waals surface area contributed by atoms with Gasteiger partial charge in [-0.2, -0.15) is 0 Å². The zero-order valence-electron chi connectivity index (χ0n) is 20.3. The molecule has 4 rings (SSSR count). The highest BCUT2D eigenvalue weighted by molar-refractivity contribution is 7.80. The molecular formula is C26H31N3O5S. The highest BCUT2D eigenvalue weighted by atomic mass is 32.1. The van der Waals surface area contributed by atoms with E-state index in [4.69, 9.17) is 31.2 Å². The number of benzene rings is 2. The molecule has 0 spiro atoms. The molecular weight excluding hydrogens is 466 g/mol. The molecule has 2 N–H and O–H groups in total. The zero-order valence-corrected chi connectivity index (χ0v) is 21.1. The van der Waals surface area contributed by atoms with Gasteiger partial charge >= 0.3 is 0 Å². The highest BCUT2D eigenvalue weighted by Crippen LogP contribution is 2.31. The number of H-pyrrole nitrogens is 1. The Kier molecular flexibility index (Phi) is 8.09. The number of methoxy groups -OCH3 is 2. The summed E-state index contributed by atoms with van der Waals surface area (Å²) in [5.41, 5.74) is 1.95. The lowest BCUT2D eigenvalue weighted by Crippen LogP contribution is -2.40. The molecule has 8 nitrogen and oxygen atoms in total. The summed E-state index contributed by atoms with van der Waals surface area (Å²) in [7, 11) is 3.15. The molecule has 0 amide bonds. The fourth-order valence-corrected chi connectivity index (χ4v) is 4.42. The van der Waals surface area contributed by atoms with E-state index in [-0.39, 0.29) is 11.7 Å². The van der Waals surface area contributed by atoms with Crippen molar-refractivity contribution in [1.82, 2.24) is 9.88 Å². The van der Waals surface area contributed by atoms with E-state index >= 15 is 0 Å². The largest absolute Gasteiger partial charge is 0.494 e. The molecule has 1 saturated heterocycles. The van der Waals surface area contributed by atoms with Crippen LogP contribution in [0.4, 0.5) is 5.69 Å². The van der Waals surface area contributed by atoms with Crippen LogP contribution in [0.15, 0.2) is 47.3 Å². The second-order valence-corrected chi connectivity index (χ2v) is 8.71. The fourth-order valence-electron chi connectivity index (χ4n) is 4.16. The van der Waals surface area contributed by atoms with Gasteiger partial charge in [-0.25, -0.2) is 0 Å². The Hall–Kier alpha value is -3.30. The number of fused-ring (bicyclic) bond motifs is 1. The van der Waals surface area contributed by atoms with Crippen LogP contribution < -0.4 is 25.1 Å². The number of thiocarbonyl (C=S) groups is 1. The summed E-state index contributed by atoms with van der Waals surface area (Å²) in [4.78, 5) is 17.9. The second-order valence-electron chi connectivity index (χ2n) is 8.32. The number of aromatic amines is 1. The summed E-state index contributed by atoms with van der Waals surface area (Å²) < 4.78 is 22.2. The van der Waals surface area contributed by atoms with E-state index in [1.807, 2.05) is 48.2 Å². The van der Waals surface area contributed by atoms with Gasteiger partial charge in [-0.1, -0.05) is 0 Å². The van der Waals surface area contributed by atoms with Gasteiger partial charge in [-0.05, 0) is 68.4 Å². The molecule has 2 aromatic carbocycles. The van der Waals surface area contributed by atoms with Gasteiger partial charge in [0.05, 0.1) is 39.0 Å². The average molecular weight is 498 g/mol. The maximum absolute atomic E-state index is 13.0. The van der Waals surface area contributed by atoms with Gasteiger partial charge in [0.25, 0.3) is 5.56 Å². The molecule has 1 fully saturated rings. The Bertz CT molecular complexity index is 1220. The van der Waals surface area contributed by atoms with Crippen molar-refractivity contribution in [2.45, 2.75) is 32.4 Å². The van der Waals surface area contributed by atoms with E-state index in [1.54, 1.807) is 20.3 Å². The summed E-state index contributed by atoms with van der Waals surface area (Å²) in [5, 5.41) is 4.66. The molecule has 9 heteroatoms. The first-order chi connectivity index (χ1) is 17.0. The number of hydrogen-bond donors (Lipinski definition) is 2. The van der Waals surface area contributed by atoms with Crippen LogP contribution in [0.2, 0.25) is 0 Å². The van der Waals surface area contributed by atoms with Crippen molar-refractivity contribution in [3.05, 3.63) is 58.4 Å². The molecule has 1 atom stereocenters. The third kappa shape index (κ3) is 6.04. The molecule has 1 aliphatic rings. The number of aromatic nitrogens is 1. The van der Waals surface area contributed by atoms with Gasteiger partial charge in [0, 0.05) is 35.9 Å². The molecule has 2 heterocycles. The number of nitrogens with one attached hydrogen (secondary N) is 2. The van der Waals surface area contributed by atoms with Crippen molar-refractivity contribution in [2.24, 2.45) is 0 Å². The number of pyridine rings is 1. The van der Waals surface area contributed by atoms with E-state index in [2.05, 4.69) is 10.3 Å². The minimum Gasteiger partial charge on any atom is -0.494 e. The first kappa shape index (κ1) is 24.8. The van der Waals surface area contributed by atoms with E-state index < -0.39 is 0 Å². The number of anilines is 1. The lowest BCUT2D eigenvalue weighted by atomic mass is 10.1. The molecule has 186 valence electrons. The van der Waals surface area contributed by atoms with Crippen LogP contribution >= 0.6 is 12.2 Å². The Labute approximate surface area is 210 Å². The van der Waals surface area contributed by atoms with Crippen LogP contribution in [0.3, 0.4) is 0 Å². The highest BCUT2D eigenvalue weighted by Gasteiger charge is 2.22. The second kappa shape index (κ2) is 11.4. The molecule has 1 aromatic heterocycles. The van der Waals surface area contributed by atoms with Crippen molar-refractivity contribution in [3.8, 4) is 17.2 Å². The van der Waals surface area contributed by atoms with Crippen LogP contribution in [0.5, 0.6) is 17.2 Å². The monoisotopic (exact) mass is 497 g/mol. The fraction of sp³-hybridized carbons (Fsp3) is 0.385. The van der Waals surface area contributed by atoms with Gasteiger partial charge in [0.1, 0.15) is 5.75 Å². The molecule has 0 saturated carbocycles. The third-order valence-corrected chi connectivity index (χ3v) is 6.30. The maximum Gasteiger partial charge on any atom is 0.253 e. The van der Waals surface area contributed by atoms with Crippen molar-refractivity contribution in [3.63, 3.8) is 0 Å². The predicted octanol–water partition coefficient (Wildman–Crippen LogP) is 4.32. The smallest absolute Gasteiger partial charge is 0.253 e. The van der Waals surface area contributed by atoms with Crippen molar-refractivity contribution >= 4 is 33.9 Å². The van der Waals surface area contributed by atoms with Crippen LogP contribution in [0.25, 0.3) is 10.9 Å². The van der Waals surface area contributed by atoms with Crippen LogP contribution in [0, 0.1) is 0 Å². The molecule has 35 heavy (non-hydrogen) atoms. The number of rotatable bonds is 9. The minimum absolute atomic E-state index is 0.0685. The van der Waals surface area contributed by atoms with Gasteiger partial charge in [0.15, 0.2) is 16.6 Å². The van der Waals surface area contributed by atoms with Crippen LogP contribution in [-0.2, 0) is 11.3 Å². The number of nitrogens with zero attached hydrogens (tertiary/aromatic N) is 1. The molecule has 0 unspecified atom stereocenters. The average Bonchev–Trinajstić information content (AvgIpc) is 3.38. The summed E-state index contributed by atoms with van der Waals surface area (Å²) in [5.74, 6) is 1.96. The standard InChI is InChI=1S/C26H31N3O5S/c1-4-33-20-9-7-19(8-10-20)27-26(35)29(16-21-6-5-11-34-21)15-18-12-17-13-23(31-2)24(32-3)14-22(17)28-25(18)30/h7-10,12-14,21H,4-6,11,15-16H2,1-3H3,(H,27,35)(H,28,30)/t21-/m1/s1. The summed E-state index contributed by atoms with van der Waals surface area (Å²) in [6.45, 7) is 4.23. The van der Waals surface area contributed by atoms with Crippen molar-refractivity contribution < 1.29 is 18.9 Å². The first-order valence-corrected chi connectivity index (χ1v) is 12.1. The predicted molar refractivity (Wildman–Crippen MR) is 141 cm³/mol. The van der Waals surface area contributed by atoms with E-state index in [0.29, 0.717) is 47.4 Å². The third-order valence-electron chi connectivity index (χ3n) is 5.94. The Morgan fingerprint density at radius 1 is 1.17 bits per heavy atom. The van der Waals surface area contributed by atoms with Crippen LogP contribution in [0.1, 0.15) is 25.3 Å². The molecule has 1 aliphatic heterocycles. The lowest BCUT2D eigenvalue weighted by molar-refractivity contribution is 0.0904. The Morgan fingerprint density at radius 3 is 2.57 bits per heavy atom. The van der Waals surface area contributed by atoms with E-state index in [9.17, 15) is 4.79 Å². The molecule has 0 aliphatic carbocycles. The lowest BCUT2D eigenvalue weighted by Gasteiger charge is -2.28. The number of ether oxygens (including phenoxy) is 4. The first-order valence-electron chi connectivity index (χ1n) is 11.7. The molecule has 3 aromatic rings. The maximum atomic E-state index is 13.0. The summed E-state index contributed by atoms with van der Waals surface area (Å²) >= 11 is 5.77. The summed E-state index contributed by atoms with van der Waals surface area (Å²) in [6, 6.07) is 13.1. The van der Waals surface area contributed by atoms with E-state index in [0.717, 1.165) is 36.3 Å².